The molecule has 2 aliphatic heterocycles. The van der Waals surface area contributed by atoms with Gasteiger partial charge in [0.05, 0.1) is 6.42 Å². The van der Waals surface area contributed by atoms with Crippen LogP contribution in [0.5, 0.6) is 0 Å². The smallest absolute Gasteiger partial charge is 0.226 e. The van der Waals surface area contributed by atoms with Crippen molar-refractivity contribution >= 4 is 18.3 Å². The number of amides is 1. The Kier molecular flexibility index (Phi) is 5.22. The fourth-order valence-corrected chi connectivity index (χ4v) is 3.39. The zero-order chi connectivity index (χ0) is 14.0. The third-order valence-corrected chi connectivity index (χ3v) is 4.75. The van der Waals surface area contributed by atoms with Crippen LogP contribution in [0.25, 0.3) is 0 Å². The second-order valence-electron chi connectivity index (χ2n) is 6.11. The molecule has 0 aromatic heterocycles. The molecule has 2 saturated heterocycles. The lowest BCUT2D eigenvalue weighted by atomic mass is 9.78. The first-order chi connectivity index (χ1) is 9.67. The predicted molar refractivity (Wildman–Crippen MR) is 83.1 cm³/mol. The Morgan fingerprint density at radius 2 is 2.05 bits per heavy atom. The molecule has 0 bridgehead atoms. The van der Waals surface area contributed by atoms with E-state index in [9.17, 15) is 9.18 Å². The third kappa shape index (κ3) is 3.74. The van der Waals surface area contributed by atoms with Crippen LogP contribution in [0.3, 0.4) is 0 Å². The lowest BCUT2D eigenvalue weighted by molar-refractivity contribution is -0.132. The van der Waals surface area contributed by atoms with E-state index >= 15 is 0 Å². The van der Waals surface area contributed by atoms with E-state index in [0.717, 1.165) is 44.6 Å². The Balaban J connectivity index is 0.00000161. The molecule has 0 aliphatic carbocycles. The van der Waals surface area contributed by atoms with Crippen LogP contribution < -0.4 is 5.32 Å². The molecule has 1 N–H and O–H groups in total. The topological polar surface area (TPSA) is 32.3 Å². The van der Waals surface area contributed by atoms with Crippen molar-refractivity contribution in [2.75, 3.05) is 26.2 Å². The van der Waals surface area contributed by atoms with E-state index in [1.54, 1.807) is 6.07 Å². The van der Waals surface area contributed by atoms with E-state index in [1.165, 1.54) is 18.6 Å². The van der Waals surface area contributed by atoms with Gasteiger partial charge in [-0.05, 0) is 48.9 Å². The second kappa shape index (κ2) is 6.75. The number of piperidine rings is 1. The molecule has 0 radical (unpaired) electrons. The molecule has 1 aromatic carbocycles. The summed E-state index contributed by atoms with van der Waals surface area (Å²) in [4.78, 5) is 14.2. The van der Waals surface area contributed by atoms with Crippen LogP contribution in [0.2, 0.25) is 0 Å². The summed E-state index contributed by atoms with van der Waals surface area (Å²) in [5.74, 6) is -0.152. The van der Waals surface area contributed by atoms with Gasteiger partial charge in [0.1, 0.15) is 5.82 Å². The van der Waals surface area contributed by atoms with Gasteiger partial charge in [0.25, 0.3) is 0 Å². The summed E-state index contributed by atoms with van der Waals surface area (Å²) in [6.07, 6.45) is 3.73. The summed E-state index contributed by atoms with van der Waals surface area (Å²) in [6.45, 7) is 3.89. The molecule has 1 spiro atoms. The summed E-state index contributed by atoms with van der Waals surface area (Å²) in [7, 11) is 0. The SMILES string of the molecule is Cl.O=C(Cc1cccc(F)c1)N1CCC2(CCNC2)CC1. The zero-order valence-electron chi connectivity index (χ0n) is 12.1. The monoisotopic (exact) mass is 312 g/mol. The first-order valence-electron chi connectivity index (χ1n) is 7.40. The molecule has 2 aliphatic rings. The molecule has 3 rings (SSSR count). The molecule has 0 unspecified atom stereocenters. The quantitative estimate of drug-likeness (QED) is 0.909. The summed E-state index contributed by atoms with van der Waals surface area (Å²) >= 11 is 0. The normalized spacial score (nSPS) is 20.3. The van der Waals surface area contributed by atoms with Gasteiger partial charge in [-0.2, -0.15) is 0 Å². The van der Waals surface area contributed by atoms with Crippen molar-refractivity contribution in [1.82, 2.24) is 10.2 Å². The molecule has 3 nitrogen and oxygen atoms in total. The lowest BCUT2D eigenvalue weighted by Gasteiger charge is -2.39. The maximum Gasteiger partial charge on any atom is 0.226 e. The van der Waals surface area contributed by atoms with E-state index in [0.29, 0.717) is 11.8 Å². The van der Waals surface area contributed by atoms with Crippen molar-refractivity contribution in [2.45, 2.75) is 25.7 Å². The average molecular weight is 313 g/mol. The number of nitrogens with zero attached hydrogens (tertiary/aromatic N) is 1. The molecule has 5 heteroatoms. The number of rotatable bonds is 2. The largest absolute Gasteiger partial charge is 0.342 e. The van der Waals surface area contributed by atoms with E-state index in [1.807, 2.05) is 11.0 Å². The van der Waals surface area contributed by atoms with Crippen LogP contribution in [-0.4, -0.2) is 37.0 Å². The van der Waals surface area contributed by atoms with Crippen LogP contribution >= 0.6 is 12.4 Å². The number of halogens is 2. The highest BCUT2D eigenvalue weighted by molar-refractivity contribution is 5.85. The number of carbonyl (C=O) groups is 1. The minimum Gasteiger partial charge on any atom is -0.342 e. The number of hydrogen-bond acceptors (Lipinski definition) is 2. The van der Waals surface area contributed by atoms with Gasteiger partial charge >= 0.3 is 0 Å². The Morgan fingerprint density at radius 1 is 1.29 bits per heavy atom. The summed E-state index contributed by atoms with van der Waals surface area (Å²) in [5, 5.41) is 3.43. The van der Waals surface area contributed by atoms with Gasteiger partial charge in [0.2, 0.25) is 5.91 Å². The van der Waals surface area contributed by atoms with Crippen molar-refractivity contribution in [1.29, 1.82) is 0 Å². The number of carbonyl (C=O) groups excluding carboxylic acids is 1. The Morgan fingerprint density at radius 3 is 2.67 bits per heavy atom. The second-order valence-corrected chi connectivity index (χ2v) is 6.11. The maximum atomic E-state index is 13.1. The summed E-state index contributed by atoms with van der Waals surface area (Å²) in [6, 6.07) is 6.33. The van der Waals surface area contributed by atoms with Crippen molar-refractivity contribution in [2.24, 2.45) is 5.41 Å². The number of benzene rings is 1. The highest BCUT2D eigenvalue weighted by atomic mass is 35.5. The number of hydrogen-bond donors (Lipinski definition) is 1. The number of likely N-dealkylation sites (tertiary alicyclic amines) is 1. The predicted octanol–water partition coefficient (Wildman–Crippen LogP) is 2.39. The van der Waals surface area contributed by atoms with Gasteiger partial charge in [-0.1, -0.05) is 12.1 Å². The van der Waals surface area contributed by atoms with Crippen molar-refractivity contribution < 1.29 is 9.18 Å². The summed E-state index contributed by atoms with van der Waals surface area (Å²) in [5.41, 5.74) is 1.19. The van der Waals surface area contributed by atoms with Gasteiger partial charge in [0, 0.05) is 19.6 Å². The molecule has 2 fully saturated rings. The van der Waals surface area contributed by atoms with Gasteiger partial charge in [-0.25, -0.2) is 4.39 Å². The molecule has 21 heavy (non-hydrogen) atoms. The van der Waals surface area contributed by atoms with Crippen molar-refractivity contribution in [3.63, 3.8) is 0 Å². The van der Waals surface area contributed by atoms with Crippen molar-refractivity contribution in [3.05, 3.63) is 35.6 Å². The van der Waals surface area contributed by atoms with E-state index < -0.39 is 0 Å². The maximum absolute atomic E-state index is 13.1. The Bertz CT molecular complexity index is 493. The highest BCUT2D eigenvalue weighted by Crippen LogP contribution is 2.36. The van der Waals surface area contributed by atoms with Crippen LogP contribution in [0.1, 0.15) is 24.8 Å². The minimum absolute atomic E-state index is 0. The third-order valence-electron chi connectivity index (χ3n) is 4.75. The highest BCUT2D eigenvalue weighted by Gasteiger charge is 2.37. The molecular weight excluding hydrogens is 291 g/mol. The van der Waals surface area contributed by atoms with Crippen LogP contribution in [0.15, 0.2) is 24.3 Å². The molecule has 2 heterocycles. The van der Waals surface area contributed by atoms with Crippen LogP contribution in [0, 0.1) is 11.2 Å². The minimum atomic E-state index is -0.273. The fourth-order valence-electron chi connectivity index (χ4n) is 3.39. The van der Waals surface area contributed by atoms with Gasteiger partial charge in [-0.15, -0.1) is 12.4 Å². The molecule has 1 amide bonds. The van der Waals surface area contributed by atoms with Crippen LogP contribution in [0.4, 0.5) is 4.39 Å². The van der Waals surface area contributed by atoms with Gasteiger partial charge < -0.3 is 10.2 Å². The van der Waals surface area contributed by atoms with Crippen LogP contribution in [-0.2, 0) is 11.2 Å². The van der Waals surface area contributed by atoms with Crippen molar-refractivity contribution in [3.8, 4) is 0 Å². The summed E-state index contributed by atoms with van der Waals surface area (Å²) < 4.78 is 13.1. The van der Waals surface area contributed by atoms with Gasteiger partial charge in [-0.3, -0.25) is 4.79 Å². The lowest BCUT2D eigenvalue weighted by Crippen LogP contribution is -2.44. The van der Waals surface area contributed by atoms with Gasteiger partial charge in [0.15, 0.2) is 0 Å². The number of nitrogens with one attached hydrogen (secondary N) is 1. The Labute approximate surface area is 131 Å². The zero-order valence-corrected chi connectivity index (χ0v) is 12.9. The molecule has 0 saturated carbocycles. The first kappa shape index (κ1) is 16.2. The molecule has 1 aromatic rings. The van der Waals surface area contributed by atoms with E-state index in [2.05, 4.69) is 5.32 Å². The van der Waals surface area contributed by atoms with E-state index in [-0.39, 0.29) is 24.1 Å². The molecule has 0 atom stereocenters. The average Bonchev–Trinajstić information content (AvgIpc) is 2.88. The molecular formula is C16H22ClFN2O. The fraction of sp³-hybridized carbons (Fsp3) is 0.562. The molecule has 116 valence electrons. The first-order valence-corrected chi connectivity index (χ1v) is 7.40. The Hall–Kier alpha value is -1.13. The standard InChI is InChI=1S/C16H21FN2O.ClH/c17-14-3-1-2-13(10-14)11-15(20)19-8-5-16(6-9-19)4-7-18-12-16;/h1-3,10,18H,4-9,11-12H2;1H. The van der Waals surface area contributed by atoms with E-state index in [4.69, 9.17) is 0 Å².